The van der Waals surface area contributed by atoms with Gasteiger partial charge in [0.1, 0.15) is 0 Å². The number of benzene rings is 1. The first kappa shape index (κ1) is 13.4. The summed E-state index contributed by atoms with van der Waals surface area (Å²) in [4.78, 5) is 10.0. The molecule has 0 radical (unpaired) electrons. The van der Waals surface area contributed by atoms with Crippen LogP contribution in [-0.4, -0.2) is 35.8 Å². The molecule has 0 saturated heterocycles. The molecule has 0 aliphatic carbocycles. The highest BCUT2D eigenvalue weighted by atomic mass is 16.6. The molecule has 1 aromatic carbocycles. The highest BCUT2D eigenvalue weighted by Gasteiger charge is 2.03. The molecule has 6 heteroatoms. The van der Waals surface area contributed by atoms with Crippen LogP contribution in [-0.2, 0) is 0 Å². The molecule has 0 aliphatic heterocycles. The number of non-ortho nitro benzene ring substituents is 1. The lowest BCUT2D eigenvalue weighted by Crippen LogP contribution is -2.28. The van der Waals surface area contributed by atoms with Gasteiger partial charge in [0, 0.05) is 37.5 Å². The average Bonchev–Trinajstić information content (AvgIpc) is 2.29. The first-order chi connectivity index (χ1) is 8.09. The number of nitro benzene ring substituents is 1. The van der Waals surface area contributed by atoms with Gasteiger partial charge in [-0.3, -0.25) is 10.1 Å². The number of nitrogens with zero attached hydrogens (tertiary/aromatic N) is 1. The summed E-state index contributed by atoms with van der Waals surface area (Å²) in [6.07, 6.45) is -0.352. The fraction of sp³-hybridized carbons (Fsp3) is 0.455. The molecule has 0 aromatic heterocycles. The Morgan fingerprint density at radius 2 is 2.00 bits per heavy atom. The molecule has 3 N–H and O–H groups in total. The number of hydrogen-bond donors (Lipinski definition) is 3. The Morgan fingerprint density at radius 1 is 1.35 bits per heavy atom. The maximum absolute atomic E-state index is 10.4. The van der Waals surface area contributed by atoms with E-state index in [0.717, 1.165) is 12.2 Å². The summed E-state index contributed by atoms with van der Waals surface area (Å²) in [5.41, 5.74) is 0.928. The standard InChI is InChI=1S/C11H17N3O3/c1-9(15)8-12-6-7-13-10-2-4-11(5-3-10)14(16)17/h2-5,9,12-13,15H,6-8H2,1H3/t9-/m0/s1. The quantitative estimate of drug-likeness (QED) is 0.375. The van der Waals surface area contributed by atoms with Crippen molar-refractivity contribution in [2.45, 2.75) is 13.0 Å². The zero-order valence-electron chi connectivity index (χ0n) is 9.72. The first-order valence-electron chi connectivity index (χ1n) is 5.46. The minimum Gasteiger partial charge on any atom is -0.392 e. The lowest BCUT2D eigenvalue weighted by Gasteiger charge is -2.08. The lowest BCUT2D eigenvalue weighted by atomic mass is 10.3. The van der Waals surface area contributed by atoms with Crippen LogP contribution in [0.5, 0.6) is 0 Å². The van der Waals surface area contributed by atoms with Gasteiger partial charge < -0.3 is 15.7 Å². The van der Waals surface area contributed by atoms with Gasteiger partial charge >= 0.3 is 0 Å². The minimum absolute atomic E-state index is 0.0859. The summed E-state index contributed by atoms with van der Waals surface area (Å²) in [6.45, 7) is 3.70. The second kappa shape index (κ2) is 6.82. The molecule has 0 fully saturated rings. The Bertz CT molecular complexity index is 351. The van der Waals surface area contributed by atoms with Crippen LogP contribution in [0.3, 0.4) is 0 Å². The Morgan fingerprint density at radius 3 is 2.53 bits per heavy atom. The second-order valence-corrected chi connectivity index (χ2v) is 3.78. The fourth-order valence-electron chi connectivity index (χ4n) is 1.31. The third-order valence-corrected chi connectivity index (χ3v) is 2.15. The molecule has 0 unspecified atom stereocenters. The van der Waals surface area contributed by atoms with Gasteiger partial charge in [0.25, 0.3) is 5.69 Å². The minimum atomic E-state index is -0.423. The number of nitro groups is 1. The van der Waals surface area contributed by atoms with E-state index >= 15 is 0 Å². The highest BCUT2D eigenvalue weighted by Crippen LogP contribution is 2.14. The van der Waals surface area contributed by atoms with Gasteiger partial charge in [-0.15, -0.1) is 0 Å². The summed E-state index contributed by atoms with van der Waals surface area (Å²) < 4.78 is 0. The van der Waals surface area contributed by atoms with Crippen molar-refractivity contribution in [1.29, 1.82) is 0 Å². The Balaban J connectivity index is 2.25. The third-order valence-electron chi connectivity index (χ3n) is 2.15. The van der Waals surface area contributed by atoms with Crippen LogP contribution in [0, 0.1) is 10.1 Å². The number of aliphatic hydroxyl groups is 1. The molecule has 0 bridgehead atoms. The lowest BCUT2D eigenvalue weighted by molar-refractivity contribution is -0.384. The molecule has 6 nitrogen and oxygen atoms in total. The molecule has 1 atom stereocenters. The molecule has 0 saturated carbocycles. The van der Waals surface area contributed by atoms with Crippen molar-refractivity contribution < 1.29 is 10.0 Å². The predicted octanol–water partition coefficient (Wildman–Crippen LogP) is 0.977. The number of rotatable bonds is 7. The van der Waals surface area contributed by atoms with Crippen LogP contribution < -0.4 is 10.6 Å². The normalized spacial score (nSPS) is 12.1. The zero-order chi connectivity index (χ0) is 12.7. The number of hydrogen-bond acceptors (Lipinski definition) is 5. The van der Waals surface area contributed by atoms with E-state index in [1.54, 1.807) is 19.1 Å². The Labute approximate surface area is 99.8 Å². The SMILES string of the molecule is C[C@H](O)CNCCNc1ccc([N+](=O)[O-])cc1. The summed E-state index contributed by atoms with van der Waals surface area (Å²) in [5.74, 6) is 0. The molecule has 0 amide bonds. The Hall–Kier alpha value is -1.66. The monoisotopic (exact) mass is 239 g/mol. The van der Waals surface area contributed by atoms with Crippen molar-refractivity contribution in [2.24, 2.45) is 0 Å². The van der Waals surface area contributed by atoms with Crippen molar-refractivity contribution in [2.75, 3.05) is 25.0 Å². The van der Waals surface area contributed by atoms with Gasteiger partial charge in [-0.2, -0.15) is 0 Å². The highest BCUT2D eigenvalue weighted by molar-refractivity contribution is 5.48. The summed E-state index contributed by atoms with van der Waals surface area (Å²) in [6, 6.07) is 6.27. The number of nitrogens with one attached hydrogen (secondary N) is 2. The topological polar surface area (TPSA) is 87.4 Å². The van der Waals surface area contributed by atoms with E-state index in [-0.39, 0.29) is 11.8 Å². The van der Waals surface area contributed by atoms with Crippen LogP contribution in [0.25, 0.3) is 0 Å². The van der Waals surface area contributed by atoms with E-state index in [4.69, 9.17) is 5.11 Å². The van der Waals surface area contributed by atoms with Crippen LogP contribution in [0.15, 0.2) is 24.3 Å². The summed E-state index contributed by atoms with van der Waals surface area (Å²) >= 11 is 0. The Kier molecular flexibility index (Phi) is 5.38. The van der Waals surface area contributed by atoms with Crippen LogP contribution in [0.4, 0.5) is 11.4 Å². The van der Waals surface area contributed by atoms with Crippen LogP contribution >= 0.6 is 0 Å². The van der Waals surface area contributed by atoms with E-state index in [0.29, 0.717) is 13.1 Å². The average molecular weight is 239 g/mol. The van der Waals surface area contributed by atoms with Gasteiger partial charge in [0.15, 0.2) is 0 Å². The molecular weight excluding hydrogens is 222 g/mol. The van der Waals surface area contributed by atoms with Gasteiger partial charge in [-0.05, 0) is 19.1 Å². The third kappa shape index (κ3) is 5.28. The van der Waals surface area contributed by atoms with Crippen molar-refractivity contribution in [3.8, 4) is 0 Å². The molecule has 0 spiro atoms. The zero-order valence-corrected chi connectivity index (χ0v) is 9.72. The van der Waals surface area contributed by atoms with E-state index < -0.39 is 4.92 Å². The smallest absolute Gasteiger partial charge is 0.269 e. The van der Waals surface area contributed by atoms with Crippen molar-refractivity contribution in [3.05, 3.63) is 34.4 Å². The predicted molar refractivity (Wildman–Crippen MR) is 66.1 cm³/mol. The van der Waals surface area contributed by atoms with E-state index in [2.05, 4.69) is 10.6 Å². The van der Waals surface area contributed by atoms with Gasteiger partial charge in [-0.25, -0.2) is 0 Å². The van der Waals surface area contributed by atoms with Crippen molar-refractivity contribution in [3.63, 3.8) is 0 Å². The molecule has 0 heterocycles. The molecule has 17 heavy (non-hydrogen) atoms. The molecule has 1 rings (SSSR count). The molecule has 1 aromatic rings. The van der Waals surface area contributed by atoms with E-state index in [1.807, 2.05) is 0 Å². The first-order valence-corrected chi connectivity index (χ1v) is 5.46. The van der Waals surface area contributed by atoms with Crippen LogP contribution in [0.2, 0.25) is 0 Å². The molecule has 94 valence electrons. The fourth-order valence-corrected chi connectivity index (χ4v) is 1.31. The largest absolute Gasteiger partial charge is 0.392 e. The van der Waals surface area contributed by atoms with Crippen molar-refractivity contribution >= 4 is 11.4 Å². The maximum Gasteiger partial charge on any atom is 0.269 e. The van der Waals surface area contributed by atoms with Crippen LogP contribution in [0.1, 0.15) is 6.92 Å². The van der Waals surface area contributed by atoms with Gasteiger partial charge in [0.05, 0.1) is 11.0 Å². The number of aliphatic hydroxyl groups excluding tert-OH is 1. The molecular formula is C11H17N3O3. The van der Waals surface area contributed by atoms with E-state index in [1.165, 1.54) is 12.1 Å². The van der Waals surface area contributed by atoms with E-state index in [9.17, 15) is 10.1 Å². The summed E-state index contributed by atoms with van der Waals surface area (Å²) in [5, 5.41) is 25.6. The van der Waals surface area contributed by atoms with Gasteiger partial charge in [0.2, 0.25) is 0 Å². The maximum atomic E-state index is 10.4. The number of anilines is 1. The molecule has 0 aliphatic rings. The van der Waals surface area contributed by atoms with Crippen molar-refractivity contribution in [1.82, 2.24) is 5.32 Å². The summed E-state index contributed by atoms with van der Waals surface area (Å²) in [7, 11) is 0. The van der Waals surface area contributed by atoms with Gasteiger partial charge in [-0.1, -0.05) is 0 Å². The second-order valence-electron chi connectivity index (χ2n) is 3.78.